The lowest BCUT2D eigenvalue weighted by molar-refractivity contribution is -0.126. The average molecular weight is 306 g/mol. The molecular weight excluding hydrogens is 284 g/mol. The number of hydrogen-bond donors (Lipinski definition) is 3. The van der Waals surface area contributed by atoms with Crippen molar-refractivity contribution in [3.8, 4) is 0 Å². The highest BCUT2D eigenvalue weighted by Gasteiger charge is 2.09. The fraction of sp³-hybridized carbons (Fsp3) is 0.400. The molecule has 0 aliphatic rings. The first-order chi connectivity index (χ1) is 10.4. The number of benzene rings is 1. The highest BCUT2D eigenvalue weighted by Crippen LogP contribution is 2.13. The molecule has 0 bridgehead atoms. The molecule has 7 nitrogen and oxygen atoms in total. The molecule has 0 unspecified atom stereocenters. The van der Waals surface area contributed by atoms with Crippen molar-refractivity contribution < 1.29 is 14.4 Å². The van der Waals surface area contributed by atoms with Crippen molar-refractivity contribution in [3.05, 3.63) is 24.3 Å². The largest absolute Gasteiger partial charge is 0.354 e. The predicted octanol–water partition coefficient (Wildman–Crippen LogP) is 0.651. The molecule has 0 saturated carbocycles. The number of rotatable bonds is 7. The molecule has 0 saturated heterocycles. The van der Waals surface area contributed by atoms with Crippen molar-refractivity contribution in [2.75, 3.05) is 37.8 Å². The summed E-state index contributed by atoms with van der Waals surface area (Å²) in [7, 11) is 3.81. The zero-order chi connectivity index (χ0) is 16.5. The Hall–Kier alpha value is -2.41. The van der Waals surface area contributed by atoms with Gasteiger partial charge in [-0.3, -0.25) is 14.4 Å². The molecule has 0 aliphatic carbocycles. The number of carbonyl (C=O) groups is 3. The number of anilines is 2. The molecule has 0 atom stereocenters. The van der Waals surface area contributed by atoms with E-state index in [0.29, 0.717) is 17.9 Å². The fourth-order valence-electron chi connectivity index (χ4n) is 1.67. The molecule has 0 aliphatic heterocycles. The van der Waals surface area contributed by atoms with Crippen LogP contribution in [0.2, 0.25) is 0 Å². The highest BCUT2D eigenvalue weighted by atomic mass is 16.2. The first-order valence-electron chi connectivity index (χ1n) is 6.96. The molecule has 1 aromatic carbocycles. The topological polar surface area (TPSA) is 90.5 Å². The summed E-state index contributed by atoms with van der Waals surface area (Å²) in [6.45, 7) is 2.65. The standard InChI is InChI=1S/C15H22N4O3/c1-11(20)17-12-4-6-13(7-5-12)18-15(22)10-14(21)16-8-9-19(2)3/h4-7H,8-10H2,1-3H3,(H,16,21)(H,17,20)(H,18,22). The van der Waals surface area contributed by atoms with E-state index in [2.05, 4.69) is 16.0 Å². The van der Waals surface area contributed by atoms with Crippen LogP contribution in [0.3, 0.4) is 0 Å². The molecule has 120 valence electrons. The van der Waals surface area contributed by atoms with Gasteiger partial charge in [-0.15, -0.1) is 0 Å². The summed E-state index contributed by atoms with van der Waals surface area (Å²) in [6.07, 6.45) is -0.221. The van der Waals surface area contributed by atoms with E-state index in [1.54, 1.807) is 24.3 Å². The van der Waals surface area contributed by atoms with Gasteiger partial charge in [0.05, 0.1) is 0 Å². The lowest BCUT2D eigenvalue weighted by Gasteiger charge is -2.10. The lowest BCUT2D eigenvalue weighted by atomic mass is 10.2. The summed E-state index contributed by atoms with van der Waals surface area (Å²) in [4.78, 5) is 36.1. The SMILES string of the molecule is CC(=O)Nc1ccc(NC(=O)CC(=O)NCCN(C)C)cc1. The average Bonchev–Trinajstić information content (AvgIpc) is 2.39. The summed E-state index contributed by atoms with van der Waals surface area (Å²) in [5.74, 6) is -0.852. The Bertz CT molecular complexity index is 526. The van der Waals surface area contributed by atoms with Crippen LogP contribution in [0.5, 0.6) is 0 Å². The molecular formula is C15H22N4O3. The van der Waals surface area contributed by atoms with Gasteiger partial charge in [0.1, 0.15) is 6.42 Å². The Morgan fingerprint density at radius 1 is 0.955 bits per heavy atom. The second-order valence-electron chi connectivity index (χ2n) is 5.14. The third kappa shape index (κ3) is 7.39. The van der Waals surface area contributed by atoms with E-state index >= 15 is 0 Å². The third-order valence-electron chi connectivity index (χ3n) is 2.69. The molecule has 0 radical (unpaired) electrons. The molecule has 1 aromatic rings. The number of nitrogens with one attached hydrogen (secondary N) is 3. The van der Waals surface area contributed by atoms with E-state index in [0.717, 1.165) is 6.54 Å². The van der Waals surface area contributed by atoms with E-state index in [4.69, 9.17) is 0 Å². The Morgan fingerprint density at radius 2 is 1.50 bits per heavy atom. The first-order valence-corrected chi connectivity index (χ1v) is 6.96. The van der Waals surface area contributed by atoms with E-state index in [9.17, 15) is 14.4 Å². The van der Waals surface area contributed by atoms with Gasteiger partial charge in [-0.05, 0) is 38.4 Å². The number of nitrogens with zero attached hydrogens (tertiary/aromatic N) is 1. The molecule has 0 aromatic heterocycles. The quantitative estimate of drug-likeness (QED) is 0.645. The number of amides is 3. The van der Waals surface area contributed by atoms with Crippen LogP contribution in [0.1, 0.15) is 13.3 Å². The van der Waals surface area contributed by atoms with Gasteiger partial charge in [0, 0.05) is 31.4 Å². The van der Waals surface area contributed by atoms with Crippen LogP contribution in [0, 0.1) is 0 Å². The van der Waals surface area contributed by atoms with Crippen LogP contribution in [-0.2, 0) is 14.4 Å². The van der Waals surface area contributed by atoms with Gasteiger partial charge in [0.15, 0.2) is 0 Å². The van der Waals surface area contributed by atoms with Crippen LogP contribution < -0.4 is 16.0 Å². The van der Waals surface area contributed by atoms with E-state index in [1.165, 1.54) is 6.92 Å². The molecule has 0 spiro atoms. The fourth-order valence-corrected chi connectivity index (χ4v) is 1.67. The zero-order valence-corrected chi connectivity index (χ0v) is 13.1. The van der Waals surface area contributed by atoms with Crippen LogP contribution in [-0.4, -0.2) is 49.8 Å². The maximum absolute atomic E-state index is 11.7. The number of hydrogen-bond acceptors (Lipinski definition) is 4. The monoisotopic (exact) mass is 306 g/mol. The predicted molar refractivity (Wildman–Crippen MR) is 85.6 cm³/mol. The second-order valence-corrected chi connectivity index (χ2v) is 5.14. The van der Waals surface area contributed by atoms with Gasteiger partial charge < -0.3 is 20.9 Å². The summed E-state index contributed by atoms with van der Waals surface area (Å²) in [5.41, 5.74) is 1.21. The Balaban J connectivity index is 2.38. The minimum absolute atomic E-state index is 0.161. The van der Waals surface area contributed by atoms with Gasteiger partial charge in [-0.2, -0.15) is 0 Å². The molecule has 22 heavy (non-hydrogen) atoms. The van der Waals surface area contributed by atoms with Crippen molar-refractivity contribution in [2.24, 2.45) is 0 Å². The van der Waals surface area contributed by atoms with E-state index in [1.807, 2.05) is 19.0 Å². The Labute approximate surface area is 130 Å². The van der Waals surface area contributed by atoms with Crippen molar-refractivity contribution in [2.45, 2.75) is 13.3 Å². The first kappa shape index (κ1) is 17.6. The molecule has 3 amide bonds. The molecule has 0 fully saturated rings. The molecule has 0 heterocycles. The van der Waals surface area contributed by atoms with Crippen molar-refractivity contribution in [3.63, 3.8) is 0 Å². The number of likely N-dealkylation sites (N-methyl/N-ethyl adjacent to an activating group) is 1. The van der Waals surface area contributed by atoms with E-state index in [-0.39, 0.29) is 24.1 Å². The maximum Gasteiger partial charge on any atom is 0.233 e. The Kier molecular flexibility index (Phi) is 7.04. The minimum atomic E-state index is -0.380. The number of carbonyl (C=O) groups excluding carboxylic acids is 3. The summed E-state index contributed by atoms with van der Waals surface area (Å²) >= 11 is 0. The van der Waals surface area contributed by atoms with Crippen molar-refractivity contribution in [1.82, 2.24) is 10.2 Å². The summed E-state index contributed by atoms with van der Waals surface area (Å²) < 4.78 is 0. The normalized spacial score (nSPS) is 10.2. The summed E-state index contributed by atoms with van der Waals surface area (Å²) in [6, 6.07) is 6.67. The van der Waals surface area contributed by atoms with Gasteiger partial charge >= 0.3 is 0 Å². The van der Waals surface area contributed by atoms with Crippen LogP contribution in [0.4, 0.5) is 11.4 Å². The minimum Gasteiger partial charge on any atom is -0.354 e. The highest BCUT2D eigenvalue weighted by molar-refractivity contribution is 6.03. The lowest BCUT2D eigenvalue weighted by Crippen LogP contribution is -2.33. The third-order valence-corrected chi connectivity index (χ3v) is 2.69. The molecule has 3 N–H and O–H groups in total. The van der Waals surface area contributed by atoms with Gasteiger partial charge in [-0.1, -0.05) is 0 Å². The van der Waals surface area contributed by atoms with E-state index < -0.39 is 0 Å². The molecule has 7 heteroatoms. The van der Waals surface area contributed by atoms with Crippen LogP contribution >= 0.6 is 0 Å². The molecule has 1 rings (SSSR count). The van der Waals surface area contributed by atoms with Crippen molar-refractivity contribution in [1.29, 1.82) is 0 Å². The van der Waals surface area contributed by atoms with Gasteiger partial charge in [0.2, 0.25) is 17.7 Å². The maximum atomic E-state index is 11.7. The smallest absolute Gasteiger partial charge is 0.233 e. The van der Waals surface area contributed by atoms with Gasteiger partial charge in [-0.25, -0.2) is 0 Å². The van der Waals surface area contributed by atoms with Crippen LogP contribution in [0.15, 0.2) is 24.3 Å². The van der Waals surface area contributed by atoms with Gasteiger partial charge in [0.25, 0.3) is 0 Å². The Morgan fingerprint density at radius 3 is 2.00 bits per heavy atom. The van der Waals surface area contributed by atoms with Crippen LogP contribution in [0.25, 0.3) is 0 Å². The summed E-state index contributed by atoms with van der Waals surface area (Å²) in [5, 5.41) is 7.93. The zero-order valence-electron chi connectivity index (χ0n) is 13.1. The van der Waals surface area contributed by atoms with Crippen molar-refractivity contribution >= 4 is 29.1 Å². The second kappa shape index (κ2) is 8.78.